The molecular weight excluding hydrogens is 346 g/mol. The lowest BCUT2D eigenvalue weighted by atomic mass is 10.1. The van der Waals surface area contributed by atoms with Gasteiger partial charge in [-0.1, -0.05) is 0 Å². The molecule has 27 heavy (non-hydrogen) atoms. The van der Waals surface area contributed by atoms with Gasteiger partial charge in [-0.25, -0.2) is 4.98 Å². The highest BCUT2D eigenvalue weighted by Crippen LogP contribution is 2.28. The van der Waals surface area contributed by atoms with Crippen LogP contribution in [-0.4, -0.2) is 40.7 Å². The van der Waals surface area contributed by atoms with E-state index in [-0.39, 0.29) is 23.3 Å². The number of aromatic nitrogens is 3. The molecule has 8 nitrogen and oxygen atoms in total. The van der Waals surface area contributed by atoms with Crippen molar-refractivity contribution in [3.63, 3.8) is 0 Å². The first kappa shape index (κ1) is 17.3. The smallest absolute Gasteiger partial charge is 0.260 e. The Morgan fingerprint density at radius 1 is 1.48 bits per heavy atom. The minimum atomic E-state index is -0.261. The van der Waals surface area contributed by atoms with Crippen molar-refractivity contribution in [2.24, 2.45) is 0 Å². The fourth-order valence-corrected chi connectivity index (χ4v) is 3.54. The number of nitrogen functional groups attached to an aromatic ring is 1. The number of anilines is 1. The number of nitrogens with zero attached hydrogens (tertiary/aromatic N) is 2. The number of ether oxygens (including phenoxy) is 1. The van der Waals surface area contributed by atoms with E-state index in [0.717, 1.165) is 19.4 Å². The molecule has 0 spiro atoms. The average Bonchev–Trinajstić information content (AvgIpc) is 3.14. The van der Waals surface area contributed by atoms with Gasteiger partial charge in [0.15, 0.2) is 0 Å². The number of nitrogens with two attached hydrogens (primary N) is 1. The second kappa shape index (κ2) is 6.88. The van der Waals surface area contributed by atoms with Crippen LogP contribution in [0.5, 0.6) is 0 Å². The van der Waals surface area contributed by atoms with E-state index in [0.29, 0.717) is 34.3 Å². The van der Waals surface area contributed by atoms with Crippen molar-refractivity contribution in [2.75, 3.05) is 26.0 Å². The molecule has 3 aromatic rings. The molecule has 1 amide bonds. The number of amides is 1. The third-order valence-corrected chi connectivity index (χ3v) is 4.96. The minimum absolute atomic E-state index is 0.0312. The van der Waals surface area contributed by atoms with E-state index >= 15 is 0 Å². The van der Waals surface area contributed by atoms with Crippen LogP contribution in [0.25, 0.3) is 22.2 Å². The van der Waals surface area contributed by atoms with Crippen molar-refractivity contribution in [1.82, 2.24) is 19.9 Å². The lowest BCUT2D eigenvalue weighted by Gasteiger charge is -2.24. The quantitative estimate of drug-likeness (QED) is 0.651. The van der Waals surface area contributed by atoms with Crippen LogP contribution >= 0.6 is 0 Å². The summed E-state index contributed by atoms with van der Waals surface area (Å²) in [6.45, 7) is 1.27. The molecule has 1 unspecified atom stereocenters. The maximum absolute atomic E-state index is 13.1. The van der Waals surface area contributed by atoms with Crippen LogP contribution in [-0.2, 0) is 4.74 Å². The molecule has 0 aliphatic carbocycles. The summed E-state index contributed by atoms with van der Waals surface area (Å²) in [5, 5.41) is 3.22. The van der Waals surface area contributed by atoms with E-state index < -0.39 is 0 Å². The van der Waals surface area contributed by atoms with E-state index in [1.54, 1.807) is 29.9 Å². The van der Waals surface area contributed by atoms with Gasteiger partial charge in [0.1, 0.15) is 5.82 Å². The number of aromatic amines is 1. The SMILES string of the molecule is CNC(=O)c1cnc(N)c2[nH]c(-c3cccn(C4CCCOC4)c3=O)cc12. The minimum Gasteiger partial charge on any atom is -0.382 e. The number of pyridine rings is 2. The summed E-state index contributed by atoms with van der Waals surface area (Å²) in [5.74, 6) is 0.0173. The highest BCUT2D eigenvalue weighted by molar-refractivity contribution is 6.09. The van der Waals surface area contributed by atoms with E-state index in [9.17, 15) is 9.59 Å². The number of H-pyrrole nitrogens is 1. The van der Waals surface area contributed by atoms with Crippen molar-refractivity contribution in [2.45, 2.75) is 18.9 Å². The van der Waals surface area contributed by atoms with Gasteiger partial charge in [0.2, 0.25) is 0 Å². The van der Waals surface area contributed by atoms with Crippen molar-refractivity contribution in [3.05, 3.63) is 46.5 Å². The molecule has 140 valence electrons. The zero-order valence-corrected chi connectivity index (χ0v) is 15.0. The number of fused-ring (bicyclic) bond motifs is 1. The number of nitrogens with one attached hydrogen (secondary N) is 2. The van der Waals surface area contributed by atoms with Gasteiger partial charge in [0, 0.05) is 31.4 Å². The van der Waals surface area contributed by atoms with Crippen LogP contribution in [0.15, 0.2) is 35.4 Å². The molecule has 4 rings (SSSR count). The molecule has 8 heteroatoms. The highest BCUT2D eigenvalue weighted by atomic mass is 16.5. The van der Waals surface area contributed by atoms with E-state index in [1.807, 2.05) is 6.07 Å². The second-order valence-electron chi connectivity index (χ2n) is 6.61. The van der Waals surface area contributed by atoms with Crippen molar-refractivity contribution in [3.8, 4) is 11.3 Å². The van der Waals surface area contributed by atoms with Gasteiger partial charge < -0.3 is 25.3 Å². The van der Waals surface area contributed by atoms with Crippen LogP contribution in [0.1, 0.15) is 29.2 Å². The molecule has 3 aromatic heterocycles. The summed E-state index contributed by atoms with van der Waals surface area (Å²) < 4.78 is 7.24. The van der Waals surface area contributed by atoms with Crippen LogP contribution in [0.3, 0.4) is 0 Å². The summed E-state index contributed by atoms with van der Waals surface area (Å²) in [5.41, 5.74) is 7.93. The summed E-state index contributed by atoms with van der Waals surface area (Å²) in [6.07, 6.45) is 5.08. The first-order chi connectivity index (χ1) is 13.1. The van der Waals surface area contributed by atoms with Gasteiger partial charge in [0.05, 0.1) is 35.0 Å². The molecule has 1 aliphatic heterocycles. The normalized spacial score (nSPS) is 17.1. The summed E-state index contributed by atoms with van der Waals surface area (Å²) in [4.78, 5) is 32.4. The highest BCUT2D eigenvalue weighted by Gasteiger charge is 2.20. The number of hydrogen-bond donors (Lipinski definition) is 3. The van der Waals surface area contributed by atoms with Gasteiger partial charge in [-0.3, -0.25) is 9.59 Å². The largest absolute Gasteiger partial charge is 0.382 e. The molecule has 1 aliphatic rings. The van der Waals surface area contributed by atoms with Gasteiger partial charge in [-0.2, -0.15) is 0 Å². The average molecular weight is 367 g/mol. The predicted octanol–water partition coefficient (Wildman–Crippen LogP) is 1.68. The number of rotatable bonds is 3. The number of carbonyl (C=O) groups is 1. The lowest BCUT2D eigenvalue weighted by Crippen LogP contribution is -2.30. The third kappa shape index (κ3) is 2.97. The molecule has 1 fully saturated rings. The maximum Gasteiger partial charge on any atom is 0.260 e. The Bertz CT molecular complexity index is 1060. The molecule has 1 saturated heterocycles. The maximum atomic E-state index is 13.1. The van der Waals surface area contributed by atoms with Gasteiger partial charge >= 0.3 is 0 Å². The first-order valence-electron chi connectivity index (χ1n) is 8.88. The van der Waals surface area contributed by atoms with Crippen LogP contribution in [0.2, 0.25) is 0 Å². The Kier molecular flexibility index (Phi) is 4.41. The van der Waals surface area contributed by atoms with Gasteiger partial charge in [0.25, 0.3) is 11.5 Å². The topological polar surface area (TPSA) is 115 Å². The molecule has 1 atom stereocenters. The molecule has 4 N–H and O–H groups in total. The molecule has 0 bridgehead atoms. The van der Waals surface area contributed by atoms with E-state index in [1.165, 1.54) is 6.20 Å². The fraction of sp³-hybridized carbons (Fsp3) is 0.316. The Hall–Kier alpha value is -3.13. The number of carbonyl (C=O) groups excluding carboxylic acids is 1. The third-order valence-electron chi connectivity index (χ3n) is 4.96. The lowest BCUT2D eigenvalue weighted by molar-refractivity contribution is 0.0580. The van der Waals surface area contributed by atoms with Crippen LogP contribution in [0, 0.1) is 0 Å². The number of hydrogen-bond acceptors (Lipinski definition) is 5. The molecular formula is C19H21N5O3. The standard InChI is InChI=1S/C19H21N5O3/c1-21-18(25)14-9-22-17(20)16-13(14)8-15(23-16)12-5-2-6-24(19(12)26)11-4-3-7-27-10-11/h2,5-6,8-9,11,23H,3-4,7,10H2,1H3,(H2,20,22)(H,21,25). The molecule has 0 radical (unpaired) electrons. The first-order valence-corrected chi connectivity index (χ1v) is 8.88. The van der Waals surface area contributed by atoms with Crippen molar-refractivity contribution < 1.29 is 9.53 Å². The van der Waals surface area contributed by atoms with Crippen molar-refractivity contribution >= 4 is 22.6 Å². The summed E-state index contributed by atoms with van der Waals surface area (Å²) in [7, 11) is 1.56. The Morgan fingerprint density at radius 3 is 3.07 bits per heavy atom. The van der Waals surface area contributed by atoms with E-state index in [2.05, 4.69) is 15.3 Å². The van der Waals surface area contributed by atoms with Crippen molar-refractivity contribution in [1.29, 1.82) is 0 Å². The predicted molar refractivity (Wildman–Crippen MR) is 103 cm³/mol. The van der Waals surface area contributed by atoms with Gasteiger partial charge in [-0.15, -0.1) is 0 Å². The molecule has 0 aromatic carbocycles. The van der Waals surface area contributed by atoms with E-state index in [4.69, 9.17) is 10.5 Å². The van der Waals surface area contributed by atoms with Gasteiger partial charge in [-0.05, 0) is 31.0 Å². The Morgan fingerprint density at radius 2 is 2.33 bits per heavy atom. The molecule has 0 saturated carbocycles. The second-order valence-corrected chi connectivity index (χ2v) is 6.61. The zero-order chi connectivity index (χ0) is 19.0. The monoisotopic (exact) mass is 367 g/mol. The summed E-state index contributed by atoms with van der Waals surface area (Å²) in [6, 6.07) is 5.41. The Labute approximate surface area is 155 Å². The fourth-order valence-electron chi connectivity index (χ4n) is 3.54. The Balaban J connectivity index is 1.84. The summed E-state index contributed by atoms with van der Waals surface area (Å²) >= 11 is 0. The van der Waals surface area contributed by atoms with Crippen LogP contribution < -0.4 is 16.6 Å². The molecule has 4 heterocycles. The van der Waals surface area contributed by atoms with Crippen LogP contribution in [0.4, 0.5) is 5.82 Å². The zero-order valence-electron chi connectivity index (χ0n) is 15.0.